The van der Waals surface area contributed by atoms with Gasteiger partial charge in [0.1, 0.15) is 0 Å². The number of aliphatic hydroxyl groups is 1. The van der Waals surface area contributed by atoms with Gasteiger partial charge in [0.05, 0.1) is 5.60 Å². The molecule has 0 bridgehead atoms. The van der Waals surface area contributed by atoms with Crippen LogP contribution in [0.15, 0.2) is 0 Å². The summed E-state index contributed by atoms with van der Waals surface area (Å²) in [5.41, 5.74) is -0.602. The van der Waals surface area contributed by atoms with Gasteiger partial charge in [0, 0.05) is 13.1 Å². The third-order valence-electron chi connectivity index (χ3n) is 2.62. The van der Waals surface area contributed by atoms with Crippen molar-refractivity contribution < 1.29 is 9.90 Å². The van der Waals surface area contributed by atoms with E-state index in [-0.39, 0.29) is 0 Å². The maximum absolute atomic E-state index is 10.3. The van der Waals surface area contributed by atoms with Crippen LogP contribution in [0.4, 0.5) is 0 Å². The zero-order valence-corrected chi connectivity index (χ0v) is 7.71. The van der Waals surface area contributed by atoms with E-state index in [2.05, 4.69) is 0 Å². The van der Waals surface area contributed by atoms with E-state index in [0.717, 1.165) is 25.9 Å². The van der Waals surface area contributed by atoms with Gasteiger partial charge in [-0.05, 0) is 32.6 Å². The number of hydrogen-bond donors (Lipinski definition) is 1. The second-order valence-corrected chi connectivity index (χ2v) is 4.01. The van der Waals surface area contributed by atoms with Gasteiger partial charge in [-0.1, -0.05) is 0 Å². The number of nitrogens with zero attached hydrogens (tertiary/aromatic N) is 1. The Bertz CT molecular complexity index is 154. The van der Waals surface area contributed by atoms with Crippen molar-refractivity contribution in [2.45, 2.75) is 32.3 Å². The molecule has 1 heterocycles. The molecule has 0 aromatic rings. The maximum Gasteiger partial charge on any atom is 0.312 e. The Morgan fingerprint density at radius 2 is 1.92 bits per heavy atom. The smallest absolute Gasteiger partial charge is 0.312 e. The summed E-state index contributed by atoms with van der Waals surface area (Å²) < 4.78 is 0. The van der Waals surface area contributed by atoms with Gasteiger partial charge in [-0.2, -0.15) is 0 Å². The molecule has 0 aliphatic carbocycles. The summed E-state index contributed by atoms with van der Waals surface area (Å²) in [6.07, 6.45) is 3.65. The lowest BCUT2D eigenvalue weighted by atomic mass is 9.83. The first kappa shape index (κ1) is 9.52. The minimum atomic E-state index is -0.602. The van der Waals surface area contributed by atoms with Gasteiger partial charge in [-0.3, -0.25) is 4.79 Å². The first-order chi connectivity index (χ1) is 5.54. The molecule has 0 aromatic carbocycles. The van der Waals surface area contributed by atoms with Crippen molar-refractivity contribution in [1.82, 2.24) is 4.90 Å². The summed E-state index contributed by atoms with van der Waals surface area (Å²) in [5.74, 6) is 0.321. The number of rotatable bonds is 2. The van der Waals surface area contributed by atoms with E-state index in [1.165, 1.54) is 0 Å². The minimum Gasteiger partial charge on any atom is -0.390 e. The highest BCUT2D eigenvalue weighted by atomic mass is 16.3. The topological polar surface area (TPSA) is 40.5 Å². The third-order valence-corrected chi connectivity index (χ3v) is 2.62. The average molecular weight is 170 g/mol. The van der Waals surface area contributed by atoms with E-state index in [9.17, 15) is 9.90 Å². The van der Waals surface area contributed by atoms with E-state index in [0.29, 0.717) is 5.92 Å². The predicted molar refractivity (Wildman–Crippen MR) is 46.3 cm³/mol. The summed E-state index contributed by atoms with van der Waals surface area (Å²) >= 11 is 0. The minimum absolute atomic E-state index is 0.321. The molecule has 3 nitrogen and oxygen atoms in total. The number of hydrogen-bond acceptors (Lipinski definition) is 2. The van der Waals surface area contributed by atoms with Crippen LogP contribution < -0.4 is 0 Å². The van der Waals surface area contributed by atoms with Gasteiger partial charge in [0.2, 0.25) is 0 Å². The molecular weight excluding hydrogens is 154 g/mol. The fourth-order valence-corrected chi connectivity index (χ4v) is 1.68. The summed E-state index contributed by atoms with van der Waals surface area (Å²) in [6, 6.07) is 0. The molecule has 1 saturated heterocycles. The molecule has 0 unspecified atom stereocenters. The molecule has 69 valence electrons. The Hall–Kier alpha value is -0.570. The largest absolute Gasteiger partial charge is 0.390 e. The van der Waals surface area contributed by atoms with Crippen LogP contribution in [-0.2, 0) is 4.79 Å². The lowest BCUT2D eigenvalue weighted by molar-refractivity contribution is -0.00514. The molecule has 0 spiro atoms. The van der Waals surface area contributed by atoms with Crippen LogP contribution in [0.5, 0.6) is 0 Å². The molecule has 12 heavy (non-hydrogen) atoms. The van der Waals surface area contributed by atoms with Gasteiger partial charge >= 0.3 is 6.41 Å². The van der Waals surface area contributed by atoms with Crippen LogP contribution in [0.2, 0.25) is 0 Å². The molecule has 1 rings (SSSR count). The zero-order valence-electron chi connectivity index (χ0n) is 7.71. The maximum atomic E-state index is 10.3. The number of likely N-dealkylation sites (tertiary alicyclic amines) is 1. The average Bonchev–Trinajstić information content (AvgIpc) is 2.03. The van der Waals surface area contributed by atoms with Crippen molar-refractivity contribution in [3.8, 4) is 0 Å². The summed E-state index contributed by atoms with van der Waals surface area (Å²) in [7, 11) is 0. The molecule has 1 fully saturated rings. The molecular formula is C9H16NO2. The van der Waals surface area contributed by atoms with Gasteiger partial charge in [-0.15, -0.1) is 0 Å². The van der Waals surface area contributed by atoms with E-state index in [4.69, 9.17) is 0 Å². The highest BCUT2D eigenvalue weighted by molar-refractivity contribution is 5.48. The highest BCUT2D eigenvalue weighted by Gasteiger charge is 2.30. The Morgan fingerprint density at radius 3 is 2.25 bits per heavy atom. The molecule has 1 aliphatic heterocycles. The molecule has 3 heteroatoms. The Morgan fingerprint density at radius 1 is 1.42 bits per heavy atom. The standard InChI is InChI=1S/C9H16NO2/c1-9(2,12)8-3-5-10(7-11)6-4-8/h8,12H,3-6H2,1-2H3. The van der Waals surface area contributed by atoms with Crippen molar-refractivity contribution >= 4 is 6.41 Å². The van der Waals surface area contributed by atoms with Gasteiger partial charge in [0.15, 0.2) is 0 Å². The lowest BCUT2D eigenvalue weighted by Crippen LogP contribution is -2.41. The quantitative estimate of drug-likeness (QED) is 0.657. The van der Waals surface area contributed by atoms with E-state index in [1.54, 1.807) is 4.90 Å². The Balaban J connectivity index is 2.41. The first-order valence-electron chi connectivity index (χ1n) is 4.39. The van der Waals surface area contributed by atoms with Crippen molar-refractivity contribution in [2.75, 3.05) is 13.1 Å². The fraction of sp³-hybridized carbons (Fsp3) is 0.889. The number of piperidine rings is 1. The van der Waals surface area contributed by atoms with Crippen LogP contribution in [0, 0.1) is 5.92 Å². The predicted octanol–water partition coefficient (Wildman–Crippen LogP) is 0.536. The molecule has 1 amide bonds. The van der Waals surface area contributed by atoms with Gasteiger partial charge in [0.25, 0.3) is 0 Å². The molecule has 0 aromatic heterocycles. The molecule has 1 aliphatic rings. The lowest BCUT2D eigenvalue weighted by Gasteiger charge is -2.35. The van der Waals surface area contributed by atoms with E-state index >= 15 is 0 Å². The monoisotopic (exact) mass is 170 g/mol. The van der Waals surface area contributed by atoms with Crippen molar-refractivity contribution in [1.29, 1.82) is 0 Å². The second kappa shape index (κ2) is 3.44. The van der Waals surface area contributed by atoms with Crippen LogP contribution >= 0.6 is 0 Å². The van der Waals surface area contributed by atoms with Crippen molar-refractivity contribution in [3.63, 3.8) is 0 Å². The van der Waals surface area contributed by atoms with Gasteiger partial charge in [-0.25, -0.2) is 0 Å². The Labute approximate surface area is 73.4 Å². The summed E-state index contributed by atoms with van der Waals surface area (Å²) in [5, 5.41) is 9.68. The first-order valence-corrected chi connectivity index (χ1v) is 4.39. The molecule has 1 N–H and O–H groups in total. The SMILES string of the molecule is CC(C)(O)C1CCN([C]=O)CC1. The highest BCUT2D eigenvalue weighted by Crippen LogP contribution is 2.26. The van der Waals surface area contributed by atoms with Crippen LogP contribution in [0.3, 0.4) is 0 Å². The second-order valence-electron chi connectivity index (χ2n) is 4.01. The third kappa shape index (κ3) is 2.21. The summed E-state index contributed by atoms with van der Waals surface area (Å²) in [4.78, 5) is 11.9. The molecule has 0 atom stereocenters. The molecule has 1 radical (unpaired) electrons. The van der Waals surface area contributed by atoms with E-state index in [1.807, 2.05) is 20.3 Å². The van der Waals surface area contributed by atoms with Crippen molar-refractivity contribution in [2.24, 2.45) is 5.92 Å². The van der Waals surface area contributed by atoms with Crippen LogP contribution in [0.1, 0.15) is 26.7 Å². The van der Waals surface area contributed by atoms with E-state index < -0.39 is 5.60 Å². The normalized spacial score (nSPS) is 21.1. The molecule has 0 saturated carbocycles. The number of amides is 1. The fourth-order valence-electron chi connectivity index (χ4n) is 1.68. The van der Waals surface area contributed by atoms with Gasteiger partial charge < -0.3 is 10.0 Å². The van der Waals surface area contributed by atoms with Crippen LogP contribution in [0.25, 0.3) is 0 Å². The van der Waals surface area contributed by atoms with Crippen LogP contribution in [-0.4, -0.2) is 35.1 Å². The van der Waals surface area contributed by atoms with Crippen molar-refractivity contribution in [3.05, 3.63) is 0 Å². The Kier molecular flexibility index (Phi) is 2.73. The number of carbonyl (C=O) groups excluding carboxylic acids is 1. The summed E-state index contributed by atoms with van der Waals surface area (Å²) in [6.45, 7) is 5.13. The zero-order chi connectivity index (χ0) is 9.19.